The average molecular weight is 221 g/mol. The summed E-state index contributed by atoms with van der Waals surface area (Å²) in [4.78, 5) is 0. The van der Waals surface area contributed by atoms with Gasteiger partial charge in [-0.3, -0.25) is 0 Å². The molecule has 0 spiro atoms. The molecule has 3 heteroatoms. The first-order valence-electron chi connectivity index (χ1n) is 4.65. The Balaban J connectivity index is 2.70. The van der Waals surface area contributed by atoms with Crippen LogP contribution in [-0.2, 0) is 0 Å². The van der Waals surface area contributed by atoms with Gasteiger partial charge in [0.15, 0.2) is 0 Å². The summed E-state index contributed by atoms with van der Waals surface area (Å²) in [7, 11) is 0. The molecule has 2 rings (SSSR count). The fourth-order valence-electron chi connectivity index (χ4n) is 1.56. The van der Waals surface area contributed by atoms with Gasteiger partial charge in [-0.2, -0.15) is 0 Å². The molecule has 81 valence electrons. The molecule has 0 amide bonds. The zero-order valence-corrected chi connectivity index (χ0v) is 8.31. The van der Waals surface area contributed by atoms with Crippen LogP contribution in [0.1, 0.15) is 5.56 Å². The highest BCUT2D eigenvalue weighted by Gasteiger charge is 2.14. The first-order valence-corrected chi connectivity index (χ1v) is 4.65. The molecule has 0 bridgehead atoms. The van der Waals surface area contributed by atoms with E-state index in [4.69, 9.17) is 0 Å². The molecule has 2 aromatic rings. The third-order valence-electron chi connectivity index (χ3n) is 2.29. The van der Waals surface area contributed by atoms with E-state index in [-0.39, 0.29) is 5.56 Å². The van der Waals surface area contributed by atoms with E-state index >= 15 is 0 Å². The van der Waals surface area contributed by atoms with Crippen LogP contribution >= 0.6 is 0 Å². The van der Waals surface area contributed by atoms with E-state index in [1.165, 1.54) is 0 Å². The number of halogens is 3. The number of hydrogen-bond acceptors (Lipinski definition) is 0. The molecule has 16 heavy (non-hydrogen) atoms. The first-order chi connectivity index (χ1) is 7.59. The van der Waals surface area contributed by atoms with Crippen molar-refractivity contribution in [3.05, 3.63) is 66.3 Å². The average Bonchev–Trinajstić information content (AvgIpc) is 2.19. The van der Waals surface area contributed by atoms with Gasteiger partial charge in [0.1, 0.15) is 17.5 Å². The lowest BCUT2D eigenvalue weighted by atomic mass is 9.99. The summed E-state index contributed by atoms with van der Waals surface area (Å²) in [6.07, 6.45) is 0. The zero-order valence-electron chi connectivity index (χ0n) is 8.31. The van der Waals surface area contributed by atoms with E-state index in [0.29, 0.717) is 23.3 Å². The van der Waals surface area contributed by atoms with Gasteiger partial charge in [0, 0.05) is 12.1 Å². The molecule has 1 radical (unpaired) electrons. The lowest BCUT2D eigenvalue weighted by Crippen LogP contribution is -1.94. The van der Waals surface area contributed by atoms with E-state index in [0.717, 1.165) is 0 Å². The minimum Gasteiger partial charge on any atom is -0.207 e. The van der Waals surface area contributed by atoms with Crippen molar-refractivity contribution in [1.29, 1.82) is 0 Å². The molecule has 0 heterocycles. The Morgan fingerprint density at radius 3 is 2.00 bits per heavy atom. The van der Waals surface area contributed by atoms with Gasteiger partial charge in [0.2, 0.25) is 0 Å². The predicted molar refractivity (Wildman–Crippen MR) is 56.2 cm³/mol. The van der Waals surface area contributed by atoms with Crippen molar-refractivity contribution in [1.82, 2.24) is 0 Å². The van der Waals surface area contributed by atoms with E-state index < -0.39 is 17.5 Å². The van der Waals surface area contributed by atoms with Gasteiger partial charge in [0.05, 0.1) is 5.56 Å². The van der Waals surface area contributed by atoms with Crippen LogP contribution in [0, 0.1) is 24.4 Å². The minimum absolute atomic E-state index is 0.244. The Morgan fingerprint density at radius 2 is 1.44 bits per heavy atom. The van der Waals surface area contributed by atoms with E-state index in [9.17, 15) is 13.2 Å². The Hall–Kier alpha value is -1.77. The van der Waals surface area contributed by atoms with Gasteiger partial charge >= 0.3 is 0 Å². The van der Waals surface area contributed by atoms with Crippen molar-refractivity contribution in [3.8, 4) is 11.1 Å². The Kier molecular flexibility index (Phi) is 2.69. The van der Waals surface area contributed by atoms with Crippen LogP contribution in [-0.4, -0.2) is 0 Å². The summed E-state index contributed by atoms with van der Waals surface area (Å²) in [6, 6.07) is 7.85. The first kappa shape index (κ1) is 10.7. The molecule has 0 aromatic heterocycles. The summed E-state index contributed by atoms with van der Waals surface area (Å²) >= 11 is 0. The quantitative estimate of drug-likeness (QED) is 0.683. The highest BCUT2D eigenvalue weighted by molar-refractivity contribution is 5.69. The van der Waals surface area contributed by atoms with Gasteiger partial charge in [-0.15, -0.1) is 0 Å². The largest absolute Gasteiger partial charge is 0.207 e. The van der Waals surface area contributed by atoms with Crippen molar-refractivity contribution in [2.75, 3.05) is 0 Å². The van der Waals surface area contributed by atoms with E-state index in [1.807, 2.05) is 0 Å². The molecule has 0 nitrogen and oxygen atoms in total. The molecule has 0 N–H and O–H groups in total. The van der Waals surface area contributed by atoms with E-state index in [1.54, 1.807) is 24.3 Å². The molecule has 0 saturated carbocycles. The van der Waals surface area contributed by atoms with Gasteiger partial charge < -0.3 is 0 Å². The van der Waals surface area contributed by atoms with Crippen LogP contribution in [0.25, 0.3) is 11.1 Å². The molecule has 0 aliphatic rings. The smallest absolute Gasteiger partial charge is 0.136 e. The van der Waals surface area contributed by atoms with Crippen molar-refractivity contribution in [2.24, 2.45) is 0 Å². The van der Waals surface area contributed by atoms with Crippen molar-refractivity contribution >= 4 is 0 Å². The molecule has 0 atom stereocenters. The molecule has 0 unspecified atom stereocenters. The number of hydrogen-bond donors (Lipinski definition) is 0. The van der Waals surface area contributed by atoms with Gasteiger partial charge in [-0.25, -0.2) is 13.2 Å². The fraction of sp³-hybridized carbons (Fsp3) is 0. The fourth-order valence-corrected chi connectivity index (χ4v) is 1.56. The predicted octanol–water partition coefficient (Wildman–Crippen LogP) is 3.95. The van der Waals surface area contributed by atoms with Crippen molar-refractivity contribution < 1.29 is 13.2 Å². The van der Waals surface area contributed by atoms with E-state index in [2.05, 4.69) is 6.92 Å². The molecule has 2 aromatic carbocycles. The summed E-state index contributed by atoms with van der Waals surface area (Å²) in [5, 5.41) is 0. The Labute approximate surface area is 91.4 Å². The summed E-state index contributed by atoms with van der Waals surface area (Å²) < 4.78 is 39.7. The maximum atomic E-state index is 13.5. The second kappa shape index (κ2) is 4.00. The summed E-state index contributed by atoms with van der Waals surface area (Å²) in [5.41, 5.74) is 0.580. The topological polar surface area (TPSA) is 0 Å². The minimum atomic E-state index is -0.930. The Morgan fingerprint density at radius 1 is 0.875 bits per heavy atom. The molecule has 0 aliphatic carbocycles. The lowest BCUT2D eigenvalue weighted by molar-refractivity contribution is 0.548. The molecular weight excluding hydrogens is 213 g/mol. The van der Waals surface area contributed by atoms with Gasteiger partial charge in [-0.05, 0) is 18.1 Å². The normalized spacial score (nSPS) is 10.5. The molecule has 0 saturated heterocycles. The van der Waals surface area contributed by atoms with Crippen LogP contribution < -0.4 is 0 Å². The second-order valence-corrected chi connectivity index (χ2v) is 3.40. The maximum absolute atomic E-state index is 13.5. The van der Waals surface area contributed by atoms with Crippen molar-refractivity contribution in [2.45, 2.75) is 0 Å². The highest BCUT2D eigenvalue weighted by Crippen LogP contribution is 2.29. The van der Waals surface area contributed by atoms with Gasteiger partial charge in [0.25, 0.3) is 0 Å². The molecule has 0 fully saturated rings. The maximum Gasteiger partial charge on any atom is 0.136 e. The highest BCUT2D eigenvalue weighted by atomic mass is 19.1. The standard InChI is InChI=1S/C13H8F3/c1-8-4-2-3-5-10(8)13-11(15)6-9(14)7-12(13)16/h2-7H,1H2. The van der Waals surface area contributed by atoms with Gasteiger partial charge in [-0.1, -0.05) is 24.3 Å². The van der Waals surface area contributed by atoms with Crippen LogP contribution in [0.15, 0.2) is 36.4 Å². The van der Waals surface area contributed by atoms with Crippen LogP contribution in [0.2, 0.25) is 0 Å². The molecule has 0 aliphatic heterocycles. The monoisotopic (exact) mass is 221 g/mol. The molecular formula is C13H8F3. The number of benzene rings is 2. The van der Waals surface area contributed by atoms with Crippen LogP contribution in [0.4, 0.5) is 13.2 Å². The summed E-state index contributed by atoms with van der Waals surface area (Å²) in [5.74, 6) is -2.78. The SMILES string of the molecule is [CH2]c1ccccc1-c1c(F)cc(F)cc1F. The van der Waals surface area contributed by atoms with Crippen LogP contribution in [0.3, 0.4) is 0 Å². The zero-order chi connectivity index (χ0) is 11.7. The summed E-state index contributed by atoms with van der Waals surface area (Å²) in [6.45, 7) is 3.67. The van der Waals surface area contributed by atoms with Crippen molar-refractivity contribution in [3.63, 3.8) is 0 Å². The third kappa shape index (κ3) is 1.81. The second-order valence-electron chi connectivity index (χ2n) is 3.40. The number of rotatable bonds is 1. The Bertz CT molecular complexity index is 509. The van der Waals surface area contributed by atoms with Crippen LogP contribution in [0.5, 0.6) is 0 Å². The third-order valence-corrected chi connectivity index (χ3v) is 2.29. The lowest BCUT2D eigenvalue weighted by Gasteiger charge is -2.08.